The Hall–Kier alpha value is -1.95. The average molecular weight is 528 g/mol. The largest absolute Gasteiger partial charge is 0.488 e. The van der Waals surface area contributed by atoms with E-state index in [2.05, 4.69) is 0 Å². The van der Waals surface area contributed by atoms with Crippen LogP contribution in [0.4, 0.5) is 0 Å². The molecule has 0 radical (unpaired) electrons. The highest BCUT2D eigenvalue weighted by molar-refractivity contribution is 6.43. The third-order valence-corrected chi connectivity index (χ3v) is 6.90. The molecule has 1 aliphatic carbocycles. The van der Waals surface area contributed by atoms with E-state index in [1.165, 1.54) is 6.08 Å². The molecule has 4 rings (SSSR count). The van der Waals surface area contributed by atoms with Gasteiger partial charge in [-0.3, -0.25) is 0 Å². The molecular weight excluding hydrogens is 501 g/mol. The number of hydrogen-bond acceptors (Lipinski definition) is 8. The molecule has 0 aromatic heterocycles. The molecule has 6 N–H and O–H groups in total. The number of aliphatic hydroxyl groups excluding tert-OH is 3. The molecule has 1 aromatic carbocycles. The number of allylic oxidation sites excluding steroid dienone is 4. The van der Waals surface area contributed by atoms with Crippen molar-refractivity contribution in [2.45, 2.75) is 62.2 Å². The fraction of sp³-hybridized carbons (Fsp3) is 0.458. The van der Waals surface area contributed by atoms with Crippen LogP contribution in [0.25, 0.3) is 5.57 Å². The molecule has 0 bridgehead atoms. The molecule has 2 aliphatic heterocycles. The number of hydrogen-bond donors (Lipinski definition) is 5. The monoisotopic (exact) mass is 527 g/mol. The molecule has 2 heterocycles. The molecule has 3 aliphatic rings. The molecule has 9 nitrogen and oxygen atoms in total. The summed E-state index contributed by atoms with van der Waals surface area (Å²) in [5, 5.41) is 40.2. The van der Waals surface area contributed by atoms with Crippen molar-refractivity contribution in [1.82, 2.24) is 0 Å². The minimum Gasteiger partial charge on any atom is -0.488 e. The molecule has 190 valence electrons. The van der Waals surface area contributed by atoms with E-state index in [1.54, 1.807) is 19.1 Å². The number of aryl methyl sites for hydroxylation is 1. The SMILES string of the molecule is CC1(OC2OC(C(=O)O)C(O)C(O)C2O)C=CC(Cl)=C(c2cccc3c2O[C@@H](CN)CC3)C(Cl)=C1. The summed E-state index contributed by atoms with van der Waals surface area (Å²) in [6.07, 6.45) is -2.59. The first-order valence-corrected chi connectivity index (χ1v) is 11.9. The summed E-state index contributed by atoms with van der Waals surface area (Å²) in [7, 11) is 0. The lowest BCUT2D eigenvalue weighted by molar-refractivity contribution is -0.307. The molecule has 6 unspecified atom stereocenters. The van der Waals surface area contributed by atoms with Crippen molar-refractivity contribution in [3.8, 4) is 5.75 Å². The topological polar surface area (TPSA) is 152 Å². The number of rotatable bonds is 5. The zero-order chi connectivity index (χ0) is 25.5. The summed E-state index contributed by atoms with van der Waals surface area (Å²) < 4.78 is 17.3. The van der Waals surface area contributed by atoms with Gasteiger partial charge in [0.15, 0.2) is 12.4 Å². The average Bonchev–Trinajstić information content (AvgIpc) is 2.93. The van der Waals surface area contributed by atoms with E-state index in [1.807, 2.05) is 18.2 Å². The smallest absolute Gasteiger partial charge is 0.335 e. The fourth-order valence-corrected chi connectivity index (χ4v) is 5.10. The van der Waals surface area contributed by atoms with Gasteiger partial charge in [0.1, 0.15) is 35.8 Å². The van der Waals surface area contributed by atoms with Crippen LogP contribution < -0.4 is 10.5 Å². The van der Waals surface area contributed by atoms with Gasteiger partial charge >= 0.3 is 5.97 Å². The number of aliphatic carboxylic acids is 1. The highest BCUT2D eigenvalue weighted by Crippen LogP contribution is 2.44. The van der Waals surface area contributed by atoms with E-state index in [0.29, 0.717) is 28.5 Å². The number of benzene rings is 1. The van der Waals surface area contributed by atoms with Gasteiger partial charge in [-0.05, 0) is 43.6 Å². The van der Waals surface area contributed by atoms with Crippen molar-refractivity contribution in [3.05, 3.63) is 57.6 Å². The van der Waals surface area contributed by atoms with Crippen LogP contribution in [0, 0.1) is 0 Å². The van der Waals surface area contributed by atoms with E-state index < -0.39 is 42.3 Å². The van der Waals surface area contributed by atoms with Crippen molar-refractivity contribution >= 4 is 34.7 Å². The van der Waals surface area contributed by atoms with Gasteiger partial charge in [0.25, 0.3) is 0 Å². The molecule has 7 atom stereocenters. The van der Waals surface area contributed by atoms with Crippen LogP contribution >= 0.6 is 23.2 Å². The molecule has 0 amide bonds. The van der Waals surface area contributed by atoms with Crippen LogP contribution in [0.3, 0.4) is 0 Å². The van der Waals surface area contributed by atoms with Crippen molar-refractivity contribution in [1.29, 1.82) is 0 Å². The first-order chi connectivity index (χ1) is 16.5. The highest BCUT2D eigenvalue weighted by Gasteiger charge is 2.49. The third-order valence-electron chi connectivity index (χ3n) is 6.28. The molecule has 1 fully saturated rings. The van der Waals surface area contributed by atoms with Gasteiger partial charge in [-0.2, -0.15) is 0 Å². The number of ether oxygens (including phenoxy) is 3. The van der Waals surface area contributed by atoms with Crippen LogP contribution in [-0.2, 0) is 20.7 Å². The van der Waals surface area contributed by atoms with Gasteiger partial charge in [0.05, 0.1) is 0 Å². The second-order valence-electron chi connectivity index (χ2n) is 8.89. The van der Waals surface area contributed by atoms with Crippen molar-refractivity contribution < 1.29 is 39.4 Å². The lowest BCUT2D eigenvalue weighted by atomic mass is 9.94. The summed E-state index contributed by atoms with van der Waals surface area (Å²) >= 11 is 13.4. The third kappa shape index (κ3) is 5.14. The summed E-state index contributed by atoms with van der Waals surface area (Å²) in [6, 6.07) is 5.70. The lowest BCUT2D eigenvalue weighted by Gasteiger charge is -2.41. The second kappa shape index (κ2) is 10.2. The molecule has 1 aromatic rings. The predicted octanol–water partition coefficient (Wildman–Crippen LogP) is 1.65. The first kappa shape index (κ1) is 26.1. The van der Waals surface area contributed by atoms with Gasteiger partial charge in [-0.1, -0.05) is 41.4 Å². The van der Waals surface area contributed by atoms with E-state index in [4.69, 9.17) is 43.1 Å². The number of halogens is 2. The van der Waals surface area contributed by atoms with Crippen LogP contribution in [0.1, 0.15) is 24.5 Å². The quantitative estimate of drug-likeness (QED) is 0.384. The number of carbonyl (C=O) groups is 1. The number of carboxylic acid groups (broad SMARTS) is 1. The first-order valence-electron chi connectivity index (χ1n) is 11.1. The zero-order valence-electron chi connectivity index (χ0n) is 18.8. The lowest BCUT2D eigenvalue weighted by Crippen LogP contribution is -2.61. The van der Waals surface area contributed by atoms with Crippen molar-refractivity contribution in [2.75, 3.05) is 6.54 Å². The van der Waals surface area contributed by atoms with Gasteiger partial charge in [-0.15, -0.1) is 0 Å². The maximum atomic E-state index is 11.4. The Labute approximate surface area is 212 Å². The molecule has 0 spiro atoms. The summed E-state index contributed by atoms with van der Waals surface area (Å²) in [5.41, 5.74) is 6.67. The summed E-state index contributed by atoms with van der Waals surface area (Å²) in [6.45, 7) is 1.97. The number of para-hydroxylation sites is 1. The number of carboxylic acids is 1. The Balaban J connectivity index is 1.65. The van der Waals surface area contributed by atoms with Crippen LogP contribution in [0.15, 0.2) is 46.5 Å². The molecule has 11 heteroatoms. The van der Waals surface area contributed by atoms with E-state index in [9.17, 15) is 25.2 Å². The Morgan fingerprint density at radius 3 is 2.66 bits per heavy atom. The molecule has 0 saturated carbocycles. The molecule has 35 heavy (non-hydrogen) atoms. The molecular formula is C24H27Cl2NO8. The standard InChI is InChI=1S/C24H27Cl2NO8/c1-24(35-23-19(30)17(28)18(29)21(34-23)22(31)32)8-7-14(25)16(15(26)9-24)13-4-2-3-11-5-6-12(10-27)33-20(11)13/h2-4,7-9,12,17-19,21,23,28-30H,5-6,10,27H2,1H3,(H,31,32)/t12-,17?,18?,19?,21?,23?,24?/m1/s1. The second-order valence-corrected chi connectivity index (χ2v) is 9.71. The van der Waals surface area contributed by atoms with Gasteiger partial charge < -0.3 is 40.4 Å². The highest BCUT2D eigenvalue weighted by atomic mass is 35.5. The fourth-order valence-electron chi connectivity index (χ4n) is 4.36. The maximum Gasteiger partial charge on any atom is 0.335 e. The summed E-state index contributed by atoms with van der Waals surface area (Å²) in [5.74, 6) is -0.858. The Kier molecular flexibility index (Phi) is 7.61. The van der Waals surface area contributed by atoms with E-state index in [-0.39, 0.29) is 11.1 Å². The van der Waals surface area contributed by atoms with Crippen molar-refractivity contribution in [2.24, 2.45) is 5.73 Å². The Bertz CT molecular complexity index is 1090. The molecule has 1 saturated heterocycles. The van der Waals surface area contributed by atoms with E-state index in [0.717, 1.165) is 18.4 Å². The minimum absolute atomic E-state index is 0.130. The van der Waals surface area contributed by atoms with Gasteiger partial charge in [-0.25, -0.2) is 4.79 Å². The number of aliphatic hydroxyl groups is 3. The van der Waals surface area contributed by atoms with Crippen LogP contribution in [0.2, 0.25) is 0 Å². The Morgan fingerprint density at radius 2 is 1.97 bits per heavy atom. The normalized spacial score (nSPS) is 35.1. The predicted molar refractivity (Wildman–Crippen MR) is 128 cm³/mol. The zero-order valence-corrected chi connectivity index (χ0v) is 20.3. The van der Waals surface area contributed by atoms with Crippen LogP contribution in [-0.4, -0.2) is 75.4 Å². The maximum absolute atomic E-state index is 11.4. The Morgan fingerprint density at radius 1 is 1.23 bits per heavy atom. The van der Waals surface area contributed by atoms with Crippen molar-refractivity contribution in [3.63, 3.8) is 0 Å². The summed E-state index contributed by atoms with van der Waals surface area (Å²) in [4.78, 5) is 11.4. The number of fused-ring (bicyclic) bond motifs is 1. The van der Waals surface area contributed by atoms with Crippen LogP contribution in [0.5, 0.6) is 5.75 Å². The number of nitrogens with two attached hydrogens (primary N) is 1. The van der Waals surface area contributed by atoms with E-state index >= 15 is 0 Å². The minimum atomic E-state index is -1.83. The van der Waals surface area contributed by atoms with Gasteiger partial charge in [0, 0.05) is 27.7 Å². The van der Waals surface area contributed by atoms with Gasteiger partial charge in [0.2, 0.25) is 0 Å².